The summed E-state index contributed by atoms with van der Waals surface area (Å²) in [5, 5.41) is 0. The second-order valence-corrected chi connectivity index (χ2v) is 9.42. The highest BCUT2D eigenvalue weighted by molar-refractivity contribution is 9.07. The van der Waals surface area contributed by atoms with Gasteiger partial charge in [0.1, 0.15) is 12.0 Å². The Labute approximate surface area is 171 Å². The molecule has 1 aromatic rings. The smallest absolute Gasteiger partial charge is 0.209 e. The third kappa shape index (κ3) is 6.39. The number of carbonyl (C=O) groups excluding carboxylic acids is 2. The van der Waals surface area contributed by atoms with Gasteiger partial charge in [0.05, 0.1) is 0 Å². The number of amides is 1. The van der Waals surface area contributed by atoms with Crippen LogP contribution in [0.5, 0.6) is 0 Å². The molecule has 152 valence electrons. The van der Waals surface area contributed by atoms with Gasteiger partial charge in [0, 0.05) is 60.2 Å². The number of halogens is 2. The highest BCUT2D eigenvalue weighted by Crippen LogP contribution is 2.46. The topological polar surface area (TPSA) is 40.6 Å². The van der Waals surface area contributed by atoms with Crippen LogP contribution in [0.15, 0.2) is 24.3 Å². The van der Waals surface area contributed by atoms with E-state index in [-0.39, 0.29) is 17.3 Å². The van der Waals surface area contributed by atoms with Gasteiger partial charge in [-0.25, -0.2) is 8.32 Å². The first-order valence-corrected chi connectivity index (χ1v) is 9.92. The fraction of sp³-hybridized carbons (Fsp3) is 0.619. The zero-order valence-corrected chi connectivity index (χ0v) is 18.8. The van der Waals surface area contributed by atoms with Gasteiger partial charge in [0.15, 0.2) is 0 Å². The molecule has 0 saturated carbocycles. The van der Waals surface area contributed by atoms with Crippen molar-refractivity contribution in [3.63, 3.8) is 0 Å². The Morgan fingerprint density at radius 1 is 1.33 bits per heavy atom. The molecular weight excluding hydrogens is 411 g/mol. The van der Waals surface area contributed by atoms with Gasteiger partial charge in [-0.2, -0.15) is 0 Å². The Morgan fingerprint density at radius 2 is 1.93 bits per heavy atom. The number of hydrogen-bond acceptors (Lipinski definition) is 3. The summed E-state index contributed by atoms with van der Waals surface area (Å²) in [6.07, 6.45) is 1.67. The molecule has 1 aliphatic heterocycles. The van der Waals surface area contributed by atoms with E-state index in [1.165, 1.54) is 0 Å². The number of aldehydes is 1. The first kappa shape index (κ1) is 23.8. The van der Waals surface area contributed by atoms with E-state index in [4.69, 9.17) is 0 Å². The normalized spacial score (nSPS) is 25.9. The molecule has 3 unspecified atom stereocenters. The second kappa shape index (κ2) is 9.78. The number of nitrogens with zero attached hydrogens (tertiary/aromatic N) is 2. The zero-order valence-electron chi connectivity index (χ0n) is 17.2. The highest BCUT2D eigenvalue weighted by Gasteiger charge is 2.51. The van der Waals surface area contributed by atoms with Gasteiger partial charge in [0.25, 0.3) is 0 Å². The molecule has 1 fully saturated rings. The average Bonchev–Trinajstić information content (AvgIpc) is 2.58. The van der Waals surface area contributed by atoms with Crippen molar-refractivity contribution in [3.05, 3.63) is 35.4 Å². The number of alkyl halides is 1. The Morgan fingerprint density at radius 3 is 2.41 bits per heavy atom. The Bertz CT molecular complexity index is 636. The van der Waals surface area contributed by atoms with E-state index >= 15 is 0 Å². The van der Waals surface area contributed by atoms with Crippen molar-refractivity contribution >= 4 is 28.8 Å². The van der Waals surface area contributed by atoms with Crippen molar-refractivity contribution < 1.29 is 14.0 Å². The molecule has 6 heteroatoms. The molecule has 0 N–H and O–H groups in total. The third-order valence-electron chi connectivity index (χ3n) is 5.59. The molecule has 3 atom stereocenters. The quantitative estimate of drug-likeness (QED) is 0.497. The fourth-order valence-electron chi connectivity index (χ4n) is 3.79. The van der Waals surface area contributed by atoms with Crippen LogP contribution in [0.2, 0.25) is 0 Å². The van der Waals surface area contributed by atoms with Crippen LogP contribution in [0.4, 0.5) is 4.39 Å². The number of benzene rings is 1. The van der Waals surface area contributed by atoms with Crippen LogP contribution in [0, 0.1) is 24.2 Å². The maximum absolute atomic E-state index is 15.0. The minimum absolute atomic E-state index is 0.0311. The van der Waals surface area contributed by atoms with E-state index in [1.807, 2.05) is 55.9 Å². The lowest BCUT2D eigenvalue weighted by Crippen LogP contribution is -2.57. The van der Waals surface area contributed by atoms with Crippen LogP contribution in [0.25, 0.3) is 0 Å². The molecule has 0 spiro atoms. The summed E-state index contributed by atoms with van der Waals surface area (Å²) >= 11 is 3.48. The highest BCUT2D eigenvalue weighted by atomic mass is 79.9. The van der Waals surface area contributed by atoms with Crippen LogP contribution in [-0.4, -0.2) is 53.9 Å². The van der Waals surface area contributed by atoms with Gasteiger partial charge in [-0.15, -0.1) is 0 Å². The predicted molar refractivity (Wildman–Crippen MR) is 112 cm³/mol. The van der Waals surface area contributed by atoms with Crippen molar-refractivity contribution in [1.82, 2.24) is 8.83 Å². The fourth-order valence-corrected chi connectivity index (χ4v) is 4.51. The molecule has 2 rings (SSSR count). The lowest BCUT2D eigenvalue weighted by molar-refractivity contribution is -0.121. The monoisotopic (exact) mass is 442 g/mol. The molecule has 4 nitrogen and oxygen atoms in total. The minimum Gasteiger partial charge on any atom is -0.348 e. The number of hydrogen-bond donors (Lipinski definition) is 0. The molecule has 1 amide bonds. The van der Waals surface area contributed by atoms with Crippen LogP contribution in [0.3, 0.4) is 0 Å². The molecule has 1 aromatic carbocycles. The average molecular weight is 443 g/mol. The number of piperidine rings is 1. The first-order chi connectivity index (χ1) is 12.5. The van der Waals surface area contributed by atoms with Crippen molar-refractivity contribution in [2.24, 2.45) is 17.3 Å². The zero-order chi connectivity index (χ0) is 20.8. The second-order valence-electron chi connectivity index (χ2n) is 8.42. The van der Waals surface area contributed by atoms with Gasteiger partial charge >= 0.3 is 0 Å². The molecule has 1 heterocycles. The lowest BCUT2D eigenvalue weighted by Gasteiger charge is -2.50. The van der Waals surface area contributed by atoms with Crippen molar-refractivity contribution in [1.29, 1.82) is 0 Å². The Hall–Kier alpha value is -1.27. The van der Waals surface area contributed by atoms with Crippen LogP contribution >= 0.6 is 16.1 Å². The van der Waals surface area contributed by atoms with E-state index in [1.54, 1.807) is 18.9 Å². The summed E-state index contributed by atoms with van der Waals surface area (Å²) in [5.41, 5.74) is 0.335. The molecule has 1 saturated heterocycles. The largest absolute Gasteiger partial charge is 0.348 e. The van der Waals surface area contributed by atoms with E-state index in [9.17, 15) is 14.0 Å². The van der Waals surface area contributed by atoms with E-state index in [0.29, 0.717) is 19.6 Å². The number of rotatable bonds is 5. The van der Waals surface area contributed by atoms with E-state index < -0.39 is 5.67 Å². The SMILES string of the molecule is CC1CN(Br)CC(C(C)(C)CN(C)C=O)C1(C)F.Cc1ccccc1C=O. The summed E-state index contributed by atoms with van der Waals surface area (Å²) in [5.74, 6) is -0.146. The molecular formula is C21H32BrFN2O2. The van der Waals surface area contributed by atoms with E-state index in [2.05, 4.69) is 16.1 Å². The maximum Gasteiger partial charge on any atom is 0.209 e. The maximum atomic E-state index is 15.0. The lowest BCUT2D eigenvalue weighted by atomic mass is 9.65. The van der Waals surface area contributed by atoms with Gasteiger partial charge < -0.3 is 4.90 Å². The number of carbonyl (C=O) groups is 2. The number of aryl methyl sites for hydroxylation is 1. The minimum atomic E-state index is -1.21. The van der Waals surface area contributed by atoms with Crippen LogP contribution in [0.1, 0.15) is 43.6 Å². The van der Waals surface area contributed by atoms with Crippen LogP contribution in [-0.2, 0) is 4.79 Å². The molecule has 27 heavy (non-hydrogen) atoms. The molecule has 1 aliphatic rings. The van der Waals surface area contributed by atoms with Gasteiger partial charge in [0.2, 0.25) is 6.41 Å². The van der Waals surface area contributed by atoms with Crippen molar-refractivity contribution in [2.45, 2.75) is 40.3 Å². The first-order valence-electron chi connectivity index (χ1n) is 9.21. The Balaban J connectivity index is 0.000000337. The summed E-state index contributed by atoms with van der Waals surface area (Å²) in [6.45, 7) is 11.6. The molecule has 0 aliphatic carbocycles. The van der Waals surface area contributed by atoms with E-state index in [0.717, 1.165) is 23.8 Å². The van der Waals surface area contributed by atoms with Crippen molar-refractivity contribution in [3.8, 4) is 0 Å². The Kier molecular flexibility index (Phi) is 8.61. The van der Waals surface area contributed by atoms with Crippen LogP contribution < -0.4 is 0 Å². The van der Waals surface area contributed by atoms with Crippen molar-refractivity contribution in [2.75, 3.05) is 26.7 Å². The standard InChI is InChI=1S/C13H24BrFN2O.C8H8O/c1-10-6-17(14)7-11(13(10,4)15)12(2,3)8-16(5)9-18;1-7-4-2-3-5-8(7)6-9/h9-11H,6-8H2,1-5H3;2-6H,1H3. The van der Waals surface area contributed by atoms with Gasteiger partial charge in [-0.3, -0.25) is 9.59 Å². The summed E-state index contributed by atoms with van der Waals surface area (Å²) in [7, 11) is 1.74. The van der Waals surface area contributed by atoms with Gasteiger partial charge in [-0.1, -0.05) is 45.0 Å². The third-order valence-corrected chi connectivity index (χ3v) is 6.17. The summed E-state index contributed by atoms with van der Waals surface area (Å²) < 4.78 is 17.0. The summed E-state index contributed by atoms with van der Waals surface area (Å²) in [4.78, 5) is 22.6. The predicted octanol–water partition coefficient (Wildman–Crippen LogP) is 4.51. The molecule has 0 aromatic heterocycles. The molecule has 0 radical (unpaired) electrons. The summed E-state index contributed by atoms with van der Waals surface area (Å²) in [6, 6.07) is 7.51. The van der Waals surface area contributed by atoms with Gasteiger partial charge in [-0.05, 0) is 24.8 Å². The molecule has 0 bridgehead atoms.